The van der Waals surface area contributed by atoms with Gasteiger partial charge < -0.3 is 16.8 Å². The number of nitrogens with two attached hydrogens (primary N) is 2. The van der Waals surface area contributed by atoms with Gasteiger partial charge in [-0.3, -0.25) is 14.6 Å². The summed E-state index contributed by atoms with van der Waals surface area (Å²) in [6, 6.07) is 4.93. The third-order valence-corrected chi connectivity index (χ3v) is 3.20. The van der Waals surface area contributed by atoms with Gasteiger partial charge in [0.1, 0.15) is 5.00 Å². The van der Waals surface area contributed by atoms with Crippen LogP contribution < -0.4 is 16.8 Å². The molecule has 2 aromatic heterocycles. The minimum absolute atomic E-state index is 0.108. The van der Waals surface area contributed by atoms with Crippen molar-refractivity contribution >= 4 is 33.8 Å². The van der Waals surface area contributed by atoms with Crippen LogP contribution in [0, 0.1) is 0 Å². The third kappa shape index (κ3) is 3.29. The fourth-order valence-corrected chi connectivity index (χ4v) is 2.28. The number of anilines is 2. The second kappa shape index (κ2) is 5.49. The minimum Gasteiger partial charge on any atom is -0.397 e. The van der Waals surface area contributed by atoms with Crippen LogP contribution in [-0.4, -0.2) is 16.8 Å². The fourth-order valence-electron chi connectivity index (χ4n) is 1.48. The molecule has 0 aliphatic carbocycles. The van der Waals surface area contributed by atoms with Crippen LogP contribution in [0.25, 0.3) is 0 Å². The number of rotatable bonds is 4. The van der Waals surface area contributed by atoms with E-state index in [1.807, 2.05) is 0 Å². The van der Waals surface area contributed by atoms with Crippen molar-refractivity contribution in [3.8, 4) is 0 Å². The highest BCUT2D eigenvalue weighted by Crippen LogP contribution is 2.22. The van der Waals surface area contributed by atoms with E-state index in [-0.39, 0.29) is 12.3 Å². The van der Waals surface area contributed by atoms with E-state index in [1.165, 1.54) is 17.5 Å². The highest BCUT2D eigenvalue weighted by molar-refractivity contribution is 7.14. The SMILES string of the molecule is NC(=O)c1ccsc1NC(=O)Cc1ccc(N)cn1. The Morgan fingerprint density at radius 1 is 1.32 bits per heavy atom. The molecule has 0 unspecified atom stereocenters. The molecule has 0 aliphatic rings. The van der Waals surface area contributed by atoms with Gasteiger partial charge in [0.15, 0.2) is 0 Å². The molecule has 2 amide bonds. The number of primary amides is 1. The van der Waals surface area contributed by atoms with Crippen molar-refractivity contribution in [1.29, 1.82) is 0 Å². The highest BCUT2D eigenvalue weighted by Gasteiger charge is 2.12. The van der Waals surface area contributed by atoms with Crippen molar-refractivity contribution in [2.45, 2.75) is 6.42 Å². The number of hydrogen-bond donors (Lipinski definition) is 3. The van der Waals surface area contributed by atoms with Crippen LogP contribution in [0.2, 0.25) is 0 Å². The Kier molecular flexibility index (Phi) is 3.76. The monoisotopic (exact) mass is 276 g/mol. The lowest BCUT2D eigenvalue weighted by atomic mass is 10.2. The molecule has 0 atom stereocenters. The molecule has 2 aromatic rings. The summed E-state index contributed by atoms with van der Waals surface area (Å²) in [5.41, 5.74) is 12.2. The molecular formula is C12H12N4O2S. The number of nitrogen functional groups attached to an aromatic ring is 1. The van der Waals surface area contributed by atoms with Gasteiger partial charge in [-0.25, -0.2) is 0 Å². The summed E-state index contributed by atoms with van der Waals surface area (Å²) in [7, 11) is 0. The molecule has 0 aliphatic heterocycles. The maximum absolute atomic E-state index is 11.8. The van der Waals surface area contributed by atoms with Gasteiger partial charge in [0.05, 0.1) is 23.9 Å². The van der Waals surface area contributed by atoms with Gasteiger partial charge in [0, 0.05) is 5.69 Å². The Balaban J connectivity index is 2.03. The Bertz CT molecular complexity index is 606. The lowest BCUT2D eigenvalue weighted by molar-refractivity contribution is -0.115. The number of carbonyl (C=O) groups is 2. The Hall–Kier alpha value is -2.41. The van der Waals surface area contributed by atoms with Gasteiger partial charge in [-0.2, -0.15) is 0 Å². The van der Waals surface area contributed by atoms with Crippen LogP contribution in [0.5, 0.6) is 0 Å². The predicted octanol–water partition coefficient (Wildman–Crippen LogP) is 1.01. The number of thiophene rings is 1. The summed E-state index contributed by atoms with van der Waals surface area (Å²) in [5.74, 6) is -0.829. The quantitative estimate of drug-likeness (QED) is 0.773. The van der Waals surface area contributed by atoms with Crippen molar-refractivity contribution in [1.82, 2.24) is 4.98 Å². The first kappa shape index (κ1) is 13.0. The molecule has 98 valence electrons. The first-order valence-electron chi connectivity index (χ1n) is 5.44. The predicted molar refractivity (Wildman–Crippen MR) is 73.8 cm³/mol. The average Bonchev–Trinajstić information content (AvgIpc) is 2.80. The zero-order valence-electron chi connectivity index (χ0n) is 9.92. The van der Waals surface area contributed by atoms with Gasteiger partial charge in [0.2, 0.25) is 5.91 Å². The zero-order chi connectivity index (χ0) is 13.8. The number of pyridine rings is 1. The van der Waals surface area contributed by atoms with E-state index in [9.17, 15) is 9.59 Å². The lowest BCUT2D eigenvalue weighted by Crippen LogP contribution is -2.18. The Morgan fingerprint density at radius 3 is 2.74 bits per heavy atom. The standard InChI is InChI=1S/C12H12N4O2S/c13-7-1-2-8(15-6-7)5-10(17)16-12-9(11(14)18)3-4-19-12/h1-4,6H,5,13H2,(H2,14,18)(H,16,17). The summed E-state index contributed by atoms with van der Waals surface area (Å²) in [6.07, 6.45) is 1.60. The van der Waals surface area contributed by atoms with E-state index in [0.29, 0.717) is 21.9 Å². The van der Waals surface area contributed by atoms with Crippen LogP contribution in [0.3, 0.4) is 0 Å². The topological polar surface area (TPSA) is 111 Å². The maximum atomic E-state index is 11.8. The summed E-state index contributed by atoms with van der Waals surface area (Å²) in [4.78, 5) is 27.0. The van der Waals surface area contributed by atoms with Gasteiger partial charge in [0.25, 0.3) is 5.91 Å². The lowest BCUT2D eigenvalue weighted by Gasteiger charge is -2.04. The Morgan fingerprint density at radius 2 is 2.11 bits per heavy atom. The summed E-state index contributed by atoms with van der Waals surface area (Å²) < 4.78 is 0. The molecule has 2 heterocycles. The molecule has 2 rings (SSSR count). The fraction of sp³-hybridized carbons (Fsp3) is 0.0833. The van der Waals surface area contributed by atoms with Crippen LogP contribution in [0.4, 0.5) is 10.7 Å². The normalized spacial score (nSPS) is 10.1. The molecule has 5 N–H and O–H groups in total. The molecular weight excluding hydrogens is 264 g/mol. The van der Waals surface area contributed by atoms with Crippen LogP contribution in [0.15, 0.2) is 29.8 Å². The highest BCUT2D eigenvalue weighted by atomic mass is 32.1. The second-order valence-electron chi connectivity index (χ2n) is 3.84. The summed E-state index contributed by atoms with van der Waals surface area (Å²) >= 11 is 1.25. The van der Waals surface area contributed by atoms with E-state index >= 15 is 0 Å². The first-order valence-corrected chi connectivity index (χ1v) is 6.32. The van der Waals surface area contributed by atoms with Crippen molar-refractivity contribution < 1.29 is 9.59 Å². The summed E-state index contributed by atoms with van der Waals surface area (Å²) in [6.45, 7) is 0. The number of amides is 2. The molecule has 0 spiro atoms. The molecule has 0 bridgehead atoms. The number of hydrogen-bond acceptors (Lipinski definition) is 5. The smallest absolute Gasteiger partial charge is 0.251 e. The van der Waals surface area contributed by atoms with E-state index in [4.69, 9.17) is 11.5 Å². The van der Waals surface area contributed by atoms with Crippen LogP contribution in [0.1, 0.15) is 16.1 Å². The van der Waals surface area contributed by atoms with Gasteiger partial charge in [-0.15, -0.1) is 11.3 Å². The molecule has 0 radical (unpaired) electrons. The maximum Gasteiger partial charge on any atom is 0.251 e. The largest absolute Gasteiger partial charge is 0.397 e. The molecule has 19 heavy (non-hydrogen) atoms. The van der Waals surface area contributed by atoms with E-state index in [0.717, 1.165) is 0 Å². The van der Waals surface area contributed by atoms with Crippen molar-refractivity contribution in [2.24, 2.45) is 5.73 Å². The van der Waals surface area contributed by atoms with Crippen molar-refractivity contribution in [2.75, 3.05) is 11.1 Å². The number of nitrogens with zero attached hydrogens (tertiary/aromatic N) is 1. The second-order valence-corrected chi connectivity index (χ2v) is 4.75. The van der Waals surface area contributed by atoms with Crippen molar-refractivity contribution in [3.05, 3.63) is 41.0 Å². The molecule has 7 heteroatoms. The van der Waals surface area contributed by atoms with Crippen LogP contribution in [-0.2, 0) is 11.2 Å². The van der Waals surface area contributed by atoms with Gasteiger partial charge in [-0.05, 0) is 23.6 Å². The summed E-state index contributed by atoms with van der Waals surface area (Å²) in [5, 5.41) is 4.79. The minimum atomic E-state index is -0.567. The first-order chi connectivity index (χ1) is 9.06. The molecule has 6 nitrogen and oxygen atoms in total. The van der Waals surface area contributed by atoms with E-state index < -0.39 is 5.91 Å². The molecule has 0 saturated heterocycles. The Labute approximate surface area is 113 Å². The number of carbonyl (C=O) groups excluding carboxylic acids is 2. The van der Waals surface area contributed by atoms with Crippen LogP contribution >= 0.6 is 11.3 Å². The van der Waals surface area contributed by atoms with Gasteiger partial charge in [-0.1, -0.05) is 0 Å². The van der Waals surface area contributed by atoms with Crippen molar-refractivity contribution in [3.63, 3.8) is 0 Å². The molecule has 0 fully saturated rings. The molecule has 0 saturated carbocycles. The third-order valence-electron chi connectivity index (χ3n) is 2.37. The van der Waals surface area contributed by atoms with E-state index in [1.54, 1.807) is 23.6 Å². The van der Waals surface area contributed by atoms with E-state index in [2.05, 4.69) is 10.3 Å². The van der Waals surface area contributed by atoms with Gasteiger partial charge >= 0.3 is 0 Å². The number of aromatic nitrogens is 1. The zero-order valence-corrected chi connectivity index (χ0v) is 10.7. The number of nitrogens with one attached hydrogen (secondary N) is 1. The average molecular weight is 276 g/mol. The molecule has 0 aromatic carbocycles.